The van der Waals surface area contributed by atoms with Crippen molar-refractivity contribution in [3.8, 4) is 0 Å². The summed E-state index contributed by atoms with van der Waals surface area (Å²) >= 11 is 0. The van der Waals surface area contributed by atoms with Crippen LogP contribution in [0.5, 0.6) is 0 Å². The van der Waals surface area contributed by atoms with Gasteiger partial charge in [0, 0.05) is 20.6 Å². The summed E-state index contributed by atoms with van der Waals surface area (Å²) in [5.74, 6) is 0.0811. The van der Waals surface area contributed by atoms with Crippen LogP contribution in [0.3, 0.4) is 0 Å². The Morgan fingerprint density at radius 2 is 2.00 bits per heavy atom. The monoisotopic (exact) mass is 274 g/mol. The third kappa shape index (κ3) is 3.00. The van der Waals surface area contributed by atoms with Crippen molar-refractivity contribution in [1.82, 2.24) is 9.80 Å². The highest BCUT2D eigenvalue weighted by Gasteiger charge is 2.34. The van der Waals surface area contributed by atoms with Crippen molar-refractivity contribution in [3.63, 3.8) is 0 Å². The number of likely N-dealkylation sites (tertiary alicyclic amines) is 1. The highest BCUT2D eigenvalue weighted by Crippen LogP contribution is 2.20. The minimum absolute atomic E-state index is 0.0284. The molecule has 20 heavy (non-hydrogen) atoms. The van der Waals surface area contributed by atoms with E-state index in [0.29, 0.717) is 13.0 Å². The van der Waals surface area contributed by atoms with E-state index in [4.69, 9.17) is 0 Å². The van der Waals surface area contributed by atoms with E-state index in [1.165, 1.54) is 0 Å². The van der Waals surface area contributed by atoms with Crippen molar-refractivity contribution < 1.29 is 9.59 Å². The maximum absolute atomic E-state index is 12.5. The van der Waals surface area contributed by atoms with Crippen molar-refractivity contribution in [3.05, 3.63) is 35.4 Å². The largest absolute Gasteiger partial charge is 0.347 e. The number of aryl methyl sites for hydroxylation is 1. The van der Waals surface area contributed by atoms with Crippen LogP contribution < -0.4 is 0 Å². The Morgan fingerprint density at radius 1 is 1.30 bits per heavy atom. The van der Waals surface area contributed by atoms with Crippen LogP contribution in [0.2, 0.25) is 0 Å². The second-order valence-corrected chi connectivity index (χ2v) is 5.58. The van der Waals surface area contributed by atoms with Gasteiger partial charge in [-0.05, 0) is 30.9 Å². The second-order valence-electron chi connectivity index (χ2n) is 5.58. The average Bonchev–Trinajstić information content (AvgIpc) is 2.89. The van der Waals surface area contributed by atoms with Gasteiger partial charge in [0.05, 0.1) is 6.42 Å². The highest BCUT2D eigenvalue weighted by atomic mass is 16.2. The summed E-state index contributed by atoms with van der Waals surface area (Å²) in [5, 5.41) is 0. The topological polar surface area (TPSA) is 40.6 Å². The standard InChI is InChI=1S/C16H22N2O2/c1-12-7-4-5-8-13(12)11-15(19)18-10-6-9-14(18)16(20)17(2)3/h4-5,7-8,14H,6,9-11H2,1-3H3. The molecule has 1 saturated heterocycles. The maximum Gasteiger partial charge on any atom is 0.244 e. The smallest absolute Gasteiger partial charge is 0.244 e. The molecular weight excluding hydrogens is 252 g/mol. The predicted molar refractivity (Wildman–Crippen MR) is 78.3 cm³/mol. The number of hydrogen-bond acceptors (Lipinski definition) is 2. The fourth-order valence-electron chi connectivity index (χ4n) is 2.69. The van der Waals surface area contributed by atoms with E-state index in [1.807, 2.05) is 31.2 Å². The average molecular weight is 274 g/mol. The van der Waals surface area contributed by atoms with Crippen LogP contribution in [0.15, 0.2) is 24.3 Å². The molecule has 0 radical (unpaired) electrons. The number of carbonyl (C=O) groups excluding carboxylic acids is 2. The number of hydrogen-bond donors (Lipinski definition) is 0. The van der Waals surface area contributed by atoms with Gasteiger partial charge >= 0.3 is 0 Å². The Morgan fingerprint density at radius 3 is 2.65 bits per heavy atom. The third-order valence-electron chi connectivity index (χ3n) is 3.90. The first-order chi connectivity index (χ1) is 9.50. The molecule has 1 aromatic rings. The first-order valence-electron chi connectivity index (χ1n) is 7.06. The molecule has 0 N–H and O–H groups in total. The normalized spacial score (nSPS) is 18.1. The fourth-order valence-corrected chi connectivity index (χ4v) is 2.69. The van der Waals surface area contributed by atoms with Gasteiger partial charge in [-0.25, -0.2) is 0 Å². The van der Waals surface area contributed by atoms with Crippen LogP contribution in [0.25, 0.3) is 0 Å². The molecule has 1 aliphatic rings. The number of rotatable bonds is 3. The molecule has 1 unspecified atom stereocenters. The lowest BCUT2D eigenvalue weighted by Gasteiger charge is -2.26. The molecule has 0 saturated carbocycles. The first kappa shape index (κ1) is 14.6. The Kier molecular flexibility index (Phi) is 4.42. The molecule has 1 fully saturated rings. The second kappa shape index (κ2) is 6.07. The maximum atomic E-state index is 12.5. The van der Waals surface area contributed by atoms with Gasteiger partial charge in [0.2, 0.25) is 11.8 Å². The molecule has 0 aromatic heterocycles. The zero-order valence-corrected chi connectivity index (χ0v) is 12.4. The van der Waals surface area contributed by atoms with Crippen molar-refractivity contribution in [2.45, 2.75) is 32.2 Å². The number of carbonyl (C=O) groups is 2. The van der Waals surface area contributed by atoms with Gasteiger partial charge in [0.1, 0.15) is 6.04 Å². The Labute approximate surface area is 120 Å². The zero-order valence-electron chi connectivity index (χ0n) is 12.4. The molecule has 2 rings (SSSR count). The van der Waals surface area contributed by atoms with Gasteiger partial charge < -0.3 is 9.80 Å². The molecule has 1 heterocycles. The first-order valence-corrected chi connectivity index (χ1v) is 7.06. The van der Waals surface area contributed by atoms with Gasteiger partial charge in [-0.15, -0.1) is 0 Å². The van der Waals surface area contributed by atoms with Crippen LogP contribution in [-0.2, 0) is 16.0 Å². The van der Waals surface area contributed by atoms with Crippen LogP contribution >= 0.6 is 0 Å². The highest BCUT2D eigenvalue weighted by molar-refractivity contribution is 5.88. The quantitative estimate of drug-likeness (QED) is 0.840. The van der Waals surface area contributed by atoms with Crippen LogP contribution in [0.1, 0.15) is 24.0 Å². The molecule has 0 bridgehead atoms. The fraction of sp³-hybridized carbons (Fsp3) is 0.500. The number of nitrogens with zero attached hydrogens (tertiary/aromatic N) is 2. The minimum atomic E-state index is -0.276. The van der Waals surface area contributed by atoms with E-state index in [0.717, 1.165) is 24.0 Å². The molecule has 1 aromatic carbocycles. The van der Waals surface area contributed by atoms with Crippen LogP contribution in [-0.4, -0.2) is 48.3 Å². The van der Waals surface area contributed by atoms with E-state index in [-0.39, 0.29) is 17.9 Å². The lowest BCUT2D eigenvalue weighted by molar-refractivity contribution is -0.141. The van der Waals surface area contributed by atoms with Crippen LogP contribution in [0, 0.1) is 6.92 Å². The van der Waals surface area contributed by atoms with E-state index >= 15 is 0 Å². The SMILES string of the molecule is Cc1ccccc1CC(=O)N1CCCC1C(=O)N(C)C. The van der Waals surface area contributed by atoms with Crippen molar-refractivity contribution >= 4 is 11.8 Å². The number of likely N-dealkylation sites (N-methyl/N-ethyl adjacent to an activating group) is 1. The minimum Gasteiger partial charge on any atom is -0.347 e. The predicted octanol–water partition coefficient (Wildman–Crippen LogP) is 1.62. The third-order valence-corrected chi connectivity index (χ3v) is 3.90. The van der Waals surface area contributed by atoms with Gasteiger partial charge in [-0.3, -0.25) is 9.59 Å². The van der Waals surface area contributed by atoms with Crippen LogP contribution in [0.4, 0.5) is 0 Å². The lowest BCUT2D eigenvalue weighted by Crippen LogP contribution is -2.46. The Hall–Kier alpha value is -1.84. The number of amides is 2. The Balaban J connectivity index is 2.09. The van der Waals surface area contributed by atoms with E-state index < -0.39 is 0 Å². The summed E-state index contributed by atoms with van der Waals surface area (Å²) in [6, 6.07) is 7.63. The van der Waals surface area contributed by atoms with Gasteiger partial charge in [0.15, 0.2) is 0 Å². The van der Waals surface area contributed by atoms with Gasteiger partial charge in [0.25, 0.3) is 0 Å². The summed E-state index contributed by atoms with van der Waals surface area (Å²) in [7, 11) is 3.48. The zero-order chi connectivity index (χ0) is 14.7. The van der Waals surface area contributed by atoms with Gasteiger partial charge in [-0.2, -0.15) is 0 Å². The molecule has 108 valence electrons. The molecule has 1 aliphatic heterocycles. The Bertz CT molecular complexity index is 511. The van der Waals surface area contributed by atoms with Gasteiger partial charge in [-0.1, -0.05) is 24.3 Å². The summed E-state index contributed by atoms with van der Waals surface area (Å²) in [4.78, 5) is 27.9. The molecule has 0 aliphatic carbocycles. The number of benzene rings is 1. The van der Waals surface area contributed by atoms with E-state index in [1.54, 1.807) is 23.9 Å². The summed E-state index contributed by atoms with van der Waals surface area (Å²) in [6.45, 7) is 2.70. The molecule has 4 nitrogen and oxygen atoms in total. The van der Waals surface area contributed by atoms with E-state index in [9.17, 15) is 9.59 Å². The molecule has 0 spiro atoms. The lowest BCUT2D eigenvalue weighted by atomic mass is 10.0. The molecule has 4 heteroatoms. The summed E-state index contributed by atoms with van der Waals surface area (Å²) in [5.41, 5.74) is 2.16. The van der Waals surface area contributed by atoms with E-state index in [2.05, 4.69) is 0 Å². The molecular formula is C16H22N2O2. The van der Waals surface area contributed by atoms with Crippen molar-refractivity contribution in [2.75, 3.05) is 20.6 Å². The van der Waals surface area contributed by atoms with Crippen molar-refractivity contribution in [1.29, 1.82) is 0 Å². The summed E-state index contributed by atoms with van der Waals surface area (Å²) < 4.78 is 0. The summed E-state index contributed by atoms with van der Waals surface area (Å²) in [6.07, 6.45) is 2.06. The molecule has 1 atom stereocenters. The molecule has 2 amide bonds. The van der Waals surface area contributed by atoms with Crippen molar-refractivity contribution in [2.24, 2.45) is 0 Å².